The number of aromatic nitrogens is 3. The van der Waals surface area contributed by atoms with Gasteiger partial charge in [0.25, 0.3) is 0 Å². The highest BCUT2D eigenvalue weighted by atomic mass is 35.5. The molecule has 0 bridgehead atoms. The lowest BCUT2D eigenvalue weighted by atomic mass is 9.86. The fourth-order valence-electron chi connectivity index (χ4n) is 3.96. The Labute approximate surface area is 176 Å². The van der Waals surface area contributed by atoms with Crippen LogP contribution < -0.4 is 5.73 Å². The molecule has 2 aromatic rings. The van der Waals surface area contributed by atoms with Gasteiger partial charge in [0.2, 0.25) is 0 Å². The lowest BCUT2D eigenvalue weighted by Crippen LogP contribution is -2.27. The summed E-state index contributed by atoms with van der Waals surface area (Å²) in [5.74, 6) is 2.26. The molecule has 27 heavy (non-hydrogen) atoms. The molecule has 1 aliphatic carbocycles. The molecule has 0 amide bonds. The molecule has 2 heterocycles. The van der Waals surface area contributed by atoms with Gasteiger partial charge in [-0.15, -0.1) is 12.4 Å². The van der Waals surface area contributed by atoms with E-state index in [0.29, 0.717) is 35.0 Å². The number of nitrogens with two attached hydrogens (primary N) is 1. The predicted molar refractivity (Wildman–Crippen MR) is 110 cm³/mol. The second-order valence-electron chi connectivity index (χ2n) is 7.34. The van der Waals surface area contributed by atoms with E-state index in [4.69, 9.17) is 43.8 Å². The number of rotatable bonds is 4. The summed E-state index contributed by atoms with van der Waals surface area (Å²) in [5.41, 5.74) is 6.97. The number of benzene rings is 1. The van der Waals surface area contributed by atoms with Crippen molar-refractivity contribution in [2.75, 3.05) is 13.2 Å². The Morgan fingerprint density at radius 3 is 2.44 bits per heavy atom. The van der Waals surface area contributed by atoms with Gasteiger partial charge < -0.3 is 10.5 Å². The maximum atomic E-state index is 6.34. The third kappa shape index (κ3) is 4.60. The van der Waals surface area contributed by atoms with Crippen LogP contribution in [0.25, 0.3) is 0 Å². The van der Waals surface area contributed by atoms with Crippen molar-refractivity contribution in [3.05, 3.63) is 45.5 Å². The normalized spacial score (nSPS) is 25.4. The molecule has 2 aliphatic rings. The SMILES string of the molecule is Cl.NC1CCC(c2nc(Cc3c(Cl)cccc3Cl)nn2C2CCOC2)CC1. The van der Waals surface area contributed by atoms with Gasteiger partial charge in [0, 0.05) is 35.0 Å². The number of hydrogen-bond acceptors (Lipinski definition) is 4. The molecule has 2 N–H and O–H groups in total. The molecule has 148 valence electrons. The molecular formula is C19H25Cl3N4O. The van der Waals surface area contributed by atoms with E-state index in [1.807, 2.05) is 18.2 Å². The Morgan fingerprint density at radius 1 is 1.11 bits per heavy atom. The van der Waals surface area contributed by atoms with Gasteiger partial charge in [0.1, 0.15) is 5.82 Å². The second kappa shape index (κ2) is 9.10. The molecule has 0 radical (unpaired) electrons. The van der Waals surface area contributed by atoms with Crippen molar-refractivity contribution in [3.8, 4) is 0 Å². The average molecular weight is 432 g/mol. The standard InChI is InChI=1S/C19H24Cl2N4O.ClH/c20-16-2-1-3-17(21)15(16)10-18-23-19(12-4-6-13(22)7-5-12)25(24-18)14-8-9-26-11-14;/h1-3,12-14H,4-11,22H2;1H. The molecule has 1 aromatic heterocycles. The van der Waals surface area contributed by atoms with Gasteiger partial charge in [-0.25, -0.2) is 9.67 Å². The van der Waals surface area contributed by atoms with Gasteiger partial charge in [0.15, 0.2) is 5.82 Å². The van der Waals surface area contributed by atoms with Crippen molar-refractivity contribution in [3.63, 3.8) is 0 Å². The lowest BCUT2D eigenvalue weighted by molar-refractivity contribution is 0.183. The van der Waals surface area contributed by atoms with Gasteiger partial charge in [-0.05, 0) is 49.8 Å². The Hall–Kier alpha value is -0.850. The fourth-order valence-corrected chi connectivity index (χ4v) is 4.49. The monoisotopic (exact) mass is 430 g/mol. The molecule has 1 aliphatic heterocycles. The molecule has 1 unspecified atom stereocenters. The van der Waals surface area contributed by atoms with Gasteiger partial charge in [-0.1, -0.05) is 29.3 Å². The molecule has 0 spiro atoms. The zero-order valence-electron chi connectivity index (χ0n) is 15.1. The maximum Gasteiger partial charge on any atom is 0.155 e. The van der Waals surface area contributed by atoms with E-state index >= 15 is 0 Å². The van der Waals surface area contributed by atoms with Crippen LogP contribution in [0.1, 0.15) is 61.3 Å². The van der Waals surface area contributed by atoms with Crippen molar-refractivity contribution in [2.45, 2.75) is 56.5 Å². The summed E-state index contributed by atoms with van der Waals surface area (Å²) >= 11 is 12.7. The molecule has 2 fully saturated rings. The summed E-state index contributed by atoms with van der Waals surface area (Å²) < 4.78 is 7.69. The van der Waals surface area contributed by atoms with E-state index in [1.165, 1.54) is 0 Å². The van der Waals surface area contributed by atoms with Crippen LogP contribution in [0.5, 0.6) is 0 Å². The maximum absolute atomic E-state index is 6.34. The second-order valence-corrected chi connectivity index (χ2v) is 8.15. The minimum absolute atomic E-state index is 0. The first-order valence-electron chi connectivity index (χ1n) is 9.33. The van der Waals surface area contributed by atoms with Crippen LogP contribution in [0.4, 0.5) is 0 Å². The largest absolute Gasteiger partial charge is 0.379 e. The summed E-state index contributed by atoms with van der Waals surface area (Å²) in [6.45, 7) is 1.49. The van der Waals surface area contributed by atoms with E-state index in [0.717, 1.165) is 55.9 Å². The van der Waals surface area contributed by atoms with Crippen LogP contribution in [0.15, 0.2) is 18.2 Å². The first-order valence-corrected chi connectivity index (χ1v) is 10.1. The Morgan fingerprint density at radius 2 is 1.81 bits per heavy atom. The van der Waals surface area contributed by atoms with Gasteiger partial charge in [-0.3, -0.25) is 0 Å². The van der Waals surface area contributed by atoms with Gasteiger partial charge in [-0.2, -0.15) is 5.10 Å². The minimum atomic E-state index is 0. The fraction of sp³-hybridized carbons (Fsp3) is 0.579. The summed E-state index contributed by atoms with van der Waals surface area (Å²) in [6, 6.07) is 6.15. The number of nitrogens with zero attached hydrogens (tertiary/aromatic N) is 3. The molecule has 8 heteroatoms. The zero-order chi connectivity index (χ0) is 18.1. The van der Waals surface area contributed by atoms with Crippen molar-refractivity contribution in [1.29, 1.82) is 0 Å². The highest BCUT2D eigenvalue weighted by Crippen LogP contribution is 2.34. The molecule has 1 aromatic carbocycles. The minimum Gasteiger partial charge on any atom is -0.379 e. The summed E-state index contributed by atoms with van der Waals surface area (Å²) in [7, 11) is 0. The van der Waals surface area contributed by atoms with E-state index < -0.39 is 0 Å². The molecule has 1 atom stereocenters. The van der Waals surface area contributed by atoms with Crippen LogP contribution >= 0.6 is 35.6 Å². The summed E-state index contributed by atoms with van der Waals surface area (Å²) in [5, 5.41) is 6.15. The summed E-state index contributed by atoms with van der Waals surface area (Å²) in [4.78, 5) is 4.92. The Bertz CT molecular complexity index is 748. The van der Waals surface area contributed by atoms with Crippen molar-refractivity contribution in [2.24, 2.45) is 5.73 Å². The van der Waals surface area contributed by atoms with Crippen LogP contribution in [0.2, 0.25) is 10.0 Å². The number of halogens is 3. The predicted octanol–water partition coefficient (Wildman–Crippen LogP) is 4.54. The van der Waals surface area contributed by atoms with E-state index in [1.54, 1.807) is 0 Å². The van der Waals surface area contributed by atoms with Crippen molar-refractivity contribution < 1.29 is 4.74 Å². The first-order chi connectivity index (χ1) is 12.6. The molecule has 5 nitrogen and oxygen atoms in total. The Kier molecular flexibility index (Phi) is 7.03. The summed E-state index contributed by atoms with van der Waals surface area (Å²) in [6.07, 6.45) is 5.75. The topological polar surface area (TPSA) is 66.0 Å². The average Bonchev–Trinajstić information content (AvgIpc) is 3.28. The Balaban J connectivity index is 0.00000210. The molecule has 1 saturated heterocycles. The first kappa shape index (κ1) is 20.9. The van der Waals surface area contributed by atoms with Gasteiger partial charge >= 0.3 is 0 Å². The van der Waals surface area contributed by atoms with E-state index in [2.05, 4.69) is 4.68 Å². The van der Waals surface area contributed by atoms with Crippen LogP contribution in [0.3, 0.4) is 0 Å². The van der Waals surface area contributed by atoms with E-state index in [-0.39, 0.29) is 18.4 Å². The molecule has 4 rings (SSSR count). The van der Waals surface area contributed by atoms with Crippen molar-refractivity contribution in [1.82, 2.24) is 14.8 Å². The molecular weight excluding hydrogens is 407 g/mol. The number of hydrogen-bond donors (Lipinski definition) is 1. The van der Waals surface area contributed by atoms with Gasteiger partial charge in [0.05, 0.1) is 12.6 Å². The lowest BCUT2D eigenvalue weighted by Gasteiger charge is -2.26. The van der Waals surface area contributed by atoms with Crippen LogP contribution in [-0.2, 0) is 11.2 Å². The highest BCUT2D eigenvalue weighted by Gasteiger charge is 2.29. The zero-order valence-corrected chi connectivity index (χ0v) is 17.4. The van der Waals surface area contributed by atoms with E-state index in [9.17, 15) is 0 Å². The van der Waals surface area contributed by atoms with Crippen LogP contribution in [0, 0.1) is 0 Å². The van der Waals surface area contributed by atoms with Crippen LogP contribution in [-0.4, -0.2) is 34.0 Å². The third-order valence-electron chi connectivity index (χ3n) is 5.49. The quantitative estimate of drug-likeness (QED) is 0.771. The third-order valence-corrected chi connectivity index (χ3v) is 6.19. The number of ether oxygens (including phenoxy) is 1. The molecule has 1 saturated carbocycles. The smallest absolute Gasteiger partial charge is 0.155 e. The highest BCUT2D eigenvalue weighted by molar-refractivity contribution is 6.36. The van der Waals surface area contributed by atoms with Crippen molar-refractivity contribution >= 4 is 35.6 Å².